The maximum atomic E-state index is 10.3. The molecule has 0 aliphatic rings. The Bertz CT molecular complexity index is 719. The van der Waals surface area contributed by atoms with Gasteiger partial charge in [0.1, 0.15) is 17.5 Å². The number of aliphatic hydroxyl groups is 2. The van der Waals surface area contributed by atoms with Crippen molar-refractivity contribution in [1.82, 2.24) is 10.3 Å². The second kappa shape index (κ2) is 10.8. The lowest BCUT2D eigenvalue weighted by Crippen LogP contribution is -2.24. The van der Waals surface area contributed by atoms with E-state index >= 15 is 0 Å². The lowest BCUT2D eigenvalue weighted by molar-refractivity contribution is 0.164. The van der Waals surface area contributed by atoms with Gasteiger partial charge >= 0.3 is 0 Å². The number of hydrogen-bond donors (Lipinski definition) is 4. The Labute approximate surface area is 173 Å². The fourth-order valence-electron chi connectivity index (χ4n) is 2.83. The number of aliphatic hydroxyl groups excluding tert-OH is 2. The van der Waals surface area contributed by atoms with E-state index in [1.54, 1.807) is 6.07 Å². The van der Waals surface area contributed by atoms with Crippen molar-refractivity contribution in [2.45, 2.75) is 51.9 Å². The molecule has 5 nitrogen and oxygen atoms in total. The third-order valence-electron chi connectivity index (χ3n) is 4.14. The van der Waals surface area contributed by atoms with Crippen LogP contribution < -0.4 is 5.32 Å². The predicted octanol–water partition coefficient (Wildman–Crippen LogP) is 3.80. The molecule has 2 unspecified atom stereocenters. The standard InChI is InChI=1S/C20H28N2O3.2ClH/c1-13(23)19-17(24)10-9-16(22-19)18(25)12-21-11-14-7-5-6-8-15(14)20(2,3)4;;/h5-10,13,18,21,23-25H,11-12H2,1-4H3;2*1H. The fourth-order valence-corrected chi connectivity index (χ4v) is 2.83. The molecule has 0 radical (unpaired) electrons. The van der Waals surface area contributed by atoms with Crippen molar-refractivity contribution in [1.29, 1.82) is 0 Å². The smallest absolute Gasteiger partial charge is 0.139 e. The van der Waals surface area contributed by atoms with Crippen LogP contribution in [0.3, 0.4) is 0 Å². The molecule has 0 fully saturated rings. The molecule has 1 aromatic carbocycles. The van der Waals surface area contributed by atoms with E-state index in [-0.39, 0.29) is 41.7 Å². The normalized spacial score (nSPS) is 13.3. The summed E-state index contributed by atoms with van der Waals surface area (Å²) in [4.78, 5) is 4.16. The minimum atomic E-state index is -0.890. The first-order valence-corrected chi connectivity index (χ1v) is 8.55. The Morgan fingerprint density at radius 1 is 1.04 bits per heavy atom. The third kappa shape index (κ3) is 6.94. The van der Waals surface area contributed by atoms with Crippen molar-refractivity contribution in [2.24, 2.45) is 0 Å². The van der Waals surface area contributed by atoms with E-state index in [9.17, 15) is 15.3 Å². The SMILES string of the molecule is CC(O)c1nc(C(O)CNCc2ccccc2C(C)(C)C)ccc1O.Cl.Cl. The first-order valence-electron chi connectivity index (χ1n) is 8.55. The lowest BCUT2D eigenvalue weighted by Gasteiger charge is -2.23. The molecule has 2 atom stereocenters. The Kier molecular flexibility index (Phi) is 10.3. The molecule has 7 heteroatoms. The lowest BCUT2D eigenvalue weighted by atomic mass is 9.84. The third-order valence-corrected chi connectivity index (χ3v) is 4.14. The van der Waals surface area contributed by atoms with Gasteiger partial charge in [-0.05, 0) is 35.6 Å². The molecule has 0 saturated carbocycles. The number of hydrogen-bond acceptors (Lipinski definition) is 5. The Morgan fingerprint density at radius 3 is 2.26 bits per heavy atom. The summed E-state index contributed by atoms with van der Waals surface area (Å²) < 4.78 is 0. The first kappa shape index (κ1) is 25.6. The molecule has 0 bridgehead atoms. The highest BCUT2D eigenvalue weighted by molar-refractivity contribution is 5.85. The average molecular weight is 417 g/mol. The van der Waals surface area contributed by atoms with Crippen LogP contribution in [0.15, 0.2) is 36.4 Å². The molecule has 4 N–H and O–H groups in total. The largest absolute Gasteiger partial charge is 0.506 e. The van der Waals surface area contributed by atoms with Gasteiger partial charge in [0.2, 0.25) is 0 Å². The maximum Gasteiger partial charge on any atom is 0.139 e. The van der Waals surface area contributed by atoms with Crippen LogP contribution in [0.25, 0.3) is 0 Å². The molecule has 2 rings (SSSR count). The van der Waals surface area contributed by atoms with Gasteiger partial charge in [0.05, 0.1) is 11.8 Å². The highest BCUT2D eigenvalue weighted by atomic mass is 35.5. The van der Waals surface area contributed by atoms with Gasteiger partial charge in [-0.15, -0.1) is 24.8 Å². The van der Waals surface area contributed by atoms with Crippen LogP contribution in [-0.2, 0) is 12.0 Å². The zero-order valence-electron chi connectivity index (χ0n) is 16.1. The zero-order valence-corrected chi connectivity index (χ0v) is 17.8. The van der Waals surface area contributed by atoms with E-state index in [1.807, 2.05) is 12.1 Å². The summed E-state index contributed by atoms with van der Waals surface area (Å²) in [6, 6.07) is 11.3. The first-order chi connectivity index (χ1) is 11.7. The van der Waals surface area contributed by atoms with E-state index in [1.165, 1.54) is 24.1 Å². The molecule has 1 aromatic heterocycles. The molecule has 2 aromatic rings. The second-order valence-electron chi connectivity index (χ2n) is 7.37. The van der Waals surface area contributed by atoms with Gasteiger partial charge < -0.3 is 20.6 Å². The number of rotatable bonds is 6. The molecule has 0 saturated heterocycles. The van der Waals surface area contributed by atoms with Gasteiger partial charge in [0.15, 0.2) is 0 Å². The molecule has 1 heterocycles. The van der Waals surface area contributed by atoms with Crippen molar-refractivity contribution in [3.63, 3.8) is 0 Å². The van der Waals surface area contributed by atoms with E-state index in [4.69, 9.17) is 0 Å². The minimum Gasteiger partial charge on any atom is -0.506 e. The number of aromatic hydroxyl groups is 1. The van der Waals surface area contributed by atoms with E-state index in [2.05, 4.69) is 43.2 Å². The highest BCUT2D eigenvalue weighted by Gasteiger charge is 2.18. The summed E-state index contributed by atoms with van der Waals surface area (Å²) in [7, 11) is 0. The van der Waals surface area contributed by atoms with E-state index in [0.29, 0.717) is 18.8 Å². The second-order valence-corrected chi connectivity index (χ2v) is 7.37. The van der Waals surface area contributed by atoms with Crippen molar-refractivity contribution < 1.29 is 15.3 Å². The Morgan fingerprint density at radius 2 is 1.67 bits per heavy atom. The maximum absolute atomic E-state index is 10.3. The highest BCUT2D eigenvalue weighted by Crippen LogP contribution is 2.26. The average Bonchev–Trinajstić information content (AvgIpc) is 2.54. The van der Waals surface area contributed by atoms with Crippen LogP contribution in [0.2, 0.25) is 0 Å². The van der Waals surface area contributed by atoms with E-state index in [0.717, 1.165) is 0 Å². The molecule has 0 amide bonds. The topological polar surface area (TPSA) is 85.6 Å². The quantitative estimate of drug-likeness (QED) is 0.575. The van der Waals surface area contributed by atoms with Crippen LogP contribution in [0.5, 0.6) is 5.75 Å². The minimum absolute atomic E-state index is 0. The molecular weight excluding hydrogens is 387 g/mol. The summed E-state index contributed by atoms with van der Waals surface area (Å²) in [5, 5.41) is 32.9. The number of pyridine rings is 1. The van der Waals surface area contributed by atoms with Crippen molar-refractivity contribution in [3.05, 3.63) is 58.9 Å². The Hall–Kier alpha value is -1.37. The van der Waals surface area contributed by atoms with Crippen LogP contribution >= 0.6 is 24.8 Å². The molecule has 152 valence electrons. The number of nitrogens with one attached hydrogen (secondary N) is 1. The molecular formula is C20H30Cl2N2O3. The van der Waals surface area contributed by atoms with Crippen LogP contribution in [-0.4, -0.2) is 26.8 Å². The van der Waals surface area contributed by atoms with Gasteiger partial charge in [0, 0.05) is 13.1 Å². The van der Waals surface area contributed by atoms with Crippen molar-refractivity contribution in [3.8, 4) is 5.75 Å². The van der Waals surface area contributed by atoms with Crippen LogP contribution in [0.4, 0.5) is 0 Å². The van der Waals surface area contributed by atoms with Gasteiger partial charge in [-0.2, -0.15) is 0 Å². The summed E-state index contributed by atoms with van der Waals surface area (Å²) in [6.07, 6.45) is -1.71. The number of nitrogens with zero attached hydrogens (tertiary/aromatic N) is 1. The number of aromatic nitrogens is 1. The van der Waals surface area contributed by atoms with Crippen molar-refractivity contribution in [2.75, 3.05) is 6.54 Å². The zero-order chi connectivity index (χ0) is 18.6. The summed E-state index contributed by atoms with van der Waals surface area (Å²) >= 11 is 0. The van der Waals surface area contributed by atoms with Crippen LogP contribution in [0.1, 0.15) is 62.4 Å². The molecule has 0 aliphatic heterocycles. The molecule has 0 spiro atoms. The van der Waals surface area contributed by atoms with Gasteiger partial charge in [-0.1, -0.05) is 45.0 Å². The Balaban J connectivity index is 0.00000338. The number of benzene rings is 1. The van der Waals surface area contributed by atoms with E-state index < -0.39 is 12.2 Å². The molecule has 27 heavy (non-hydrogen) atoms. The molecule has 0 aliphatic carbocycles. The van der Waals surface area contributed by atoms with Gasteiger partial charge in [-0.3, -0.25) is 0 Å². The van der Waals surface area contributed by atoms with Gasteiger partial charge in [-0.25, -0.2) is 4.98 Å². The number of halogens is 2. The fraction of sp³-hybridized carbons (Fsp3) is 0.450. The van der Waals surface area contributed by atoms with Gasteiger partial charge in [0.25, 0.3) is 0 Å². The van der Waals surface area contributed by atoms with Crippen LogP contribution in [0, 0.1) is 0 Å². The summed E-state index contributed by atoms with van der Waals surface area (Å²) in [5.41, 5.74) is 3.13. The summed E-state index contributed by atoms with van der Waals surface area (Å²) in [5.74, 6) is -0.0713. The monoisotopic (exact) mass is 416 g/mol. The van der Waals surface area contributed by atoms with Crippen molar-refractivity contribution >= 4 is 24.8 Å². The predicted molar refractivity (Wildman–Crippen MR) is 113 cm³/mol. The summed E-state index contributed by atoms with van der Waals surface area (Å²) in [6.45, 7) is 9.04.